The molecule has 0 spiro atoms. The van der Waals surface area contributed by atoms with E-state index >= 15 is 0 Å². The predicted octanol–water partition coefficient (Wildman–Crippen LogP) is 3.30. The van der Waals surface area contributed by atoms with Crippen molar-refractivity contribution in [3.8, 4) is 0 Å². The fraction of sp³-hybridized carbons (Fsp3) is 0.158. The number of sulfonamides is 1. The van der Waals surface area contributed by atoms with Gasteiger partial charge in [0, 0.05) is 43.7 Å². The summed E-state index contributed by atoms with van der Waals surface area (Å²) in [5.74, 6) is 2.00. The molecule has 0 radical (unpaired) electrons. The van der Waals surface area contributed by atoms with E-state index in [1.165, 1.54) is 12.1 Å². The van der Waals surface area contributed by atoms with Crippen LogP contribution in [0.25, 0.3) is 0 Å². The van der Waals surface area contributed by atoms with Gasteiger partial charge in [-0.3, -0.25) is 14.8 Å². The minimum absolute atomic E-state index is 0.0667. The highest BCUT2D eigenvalue weighted by Gasteiger charge is 2.16. The summed E-state index contributed by atoms with van der Waals surface area (Å²) < 4.78 is 27.4. The first-order chi connectivity index (χ1) is 14.1. The Hall–Kier alpha value is -3.73. The molecule has 0 fully saturated rings. The third-order valence-corrected chi connectivity index (χ3v) is 5.45. The Balaban J connectivity index is 1.73. The number of benzene rings is 2. The maximum atomic E-state index is 12.5. The Bertz CT molecular complexity index is 1160. The average molecular weight is 428 g/mol. The van der Waals surface area contributed by atoms with Crippen LogP contribution in [0.1, 0.15) is 5.82 Å². The molecule has 0 aliphatic carbocycles. The van der Waals surface area contributed by atoms with Gasteiger partial charge in [0.2, 0.25) is 0 Å². The highest BCUT2D eigenvalue weighted by molar-refractivity contribution is 7.92. The number of anilines is 4. The van der Waals surface area contributed by atoms with Crippen LogP contribution in [0.2, 0.25) is 0 Å². The number of nitro groups is 1. The molecule has 2 N–H and O–H groups in total. The van der Waals surface area contributed by atoms with Crippen LogP contribution in [0, 0.1) is 17.0 Å². The van der Waals surface area contributed by atoms with Crippen LogP contribution >= 0.6 is 0 Å². The third-order valence-electron chi connectivity index (χ3n) is 4.05. The maximum absolute atomic E-state index is 12.5. The molecule has 0 saturated carbocycles. The molecule has 0 unspecified atom stereocenters. The number of nitrogens with zero attached hydrogens (tertiary/aromatic N) is 4. The summed E-state index contributed by atoms with van der Waals surface area (Å²) in [6.07, 6.45) is 0. The van der Waals surface area contributed by atoms with Crippen molar-refractivity contribution < 1.29 is 13.3 Å². The van der Waals surface area contributed by atoms with Gasteiger partial charge in [0.05, 0.1) is 9.82 Å². The van der Waals surface area contributed by atoms with E-state index in [2.05, 4.69) is 20.0 Å². The number of non-ortho nitro benzene ring substituents is 1. The largest absolute Gasteiger partial charge is 0.363 e. The lowest BCUT2D eigenvalue weighted by atomic mass is 10.3. The smallest absolute Gasteiger partial charge is 0.269 e. The molecule has 0 saturated heterocycles. The standard InChI is InChI=1S/C19H20N6O4S/c1-13-20-18(12-19(21-13)24(2)3)22-14-4-6-15(7-5-14)23-30(28,29)17-10-8-16(9-11-17)25(26)27/h4-12,23H,1-3H3,(H,20,21,22). The summed E-state index contributed by atoms with van der Waals surface area (Å²) >= 11 is 0. The number of nitro benzene ring substituents is 1. The number of rotatable bonds is 7. The Labute approximate surface area is 173 Å². The summed E-state index contributed by atoms with van der Waals surface area (Å²) in [6.45, 7) is 1.80. The monoisotopic (exact) mass is 428 g/mol. The van der Waals surface area contributed by atoms with Gasteiger partial charge in [0.25, 0.3) is 15.7 Å². The van der Waals surface area contributed by atoms with Crippen molar-refractivity contribution in [1.29, 1.82) is 0 Å². The van der Waals surface area contributed by atoms with Crippen LogP contribution < -0.4 is 14.9 Å². The van der Waals surface area contributed by atoms with Crippen LogP contribution in [0.5, 0.6) is 0 Å². The van der Waals surface area contributed by atoms with Crippen LogP contribution in [0.4, 0.5) is 28.7 Å². The Kier molecular flexibility index (Phi) is 5.83. The van der Waals surface area contributed by atoms with Gasteiger partial charge in [-0.25, -0.2) is 18.4 Å². The number of aromatic nitrogens is 2. The highest BCUT2D eigenvalue weighted by Crippen LogP contribution is 2.23. The van der Waals surface area contributed by atoms with Crippen molar-refractivity contribution in [3.63, 3.8) is 0 Å². The van der Waals surface area contributed by atoms with Crippen molar-refractivity contribution in [2.45, 2.75) is 11.8 Å². The van der Waals surface area contributed by atoms with Crippen molar-refractivity contribution in [1.82, 2.24) is 9.97 Å². The zero-order valence-corrected chi connectivity index (χ0v) is 17.3. The van der Waals surface area contributed by atoms with Gasteiger partial charge in [-0.1, -0.05) is 0 Å². The first kappa shape index (κ1) is 21.0. The van der Waals surface area contributed by atoms with Gasteiger partial charge in [-0.15, -0.1) is 0 Å². The number of hydrogen-bond acceptors (Lipinski definition) is 8. The van der Waals surface area contributed by atoms with Gasteiger partial charge in [0.15, 0.2) is 0 Å². The molecular weight excluding hydrogens is 408 g/mol. The summed E-state index contributed by atoms with van der Waals surface area (Å²) in [5, 5.41) is 13.9. The fourth-order valence-electron chi connectivity index (χ4n) is 2.58. The van der Waals surface area contributed by atoms with E-state index in [0.717, 1.165) is 23.6 Å². The van der Waals surface area contributed by atoms with Gasteiger partial charge in [-0.2, -0.15) is 0 Å². The van der Waals surface area contributed by atoms with Gasteiger partial charge in [0.1, 0.15) is 17.5 Å². The number of nitrogens with one attached hydrogen (secondary N) is 2. The van der Waals surface area contributed by atoms with Crippen molar-refractivity contribution >= 4 is 38.7 Å². The Morgan fingerprint density at radius 3 is 2.13 bits per heavy atom. The van der Waals surface area contributed by atoms with E-state index in [9.17, 15) is 18.5 Å². The molecule has 2 aromatic carbocycles. The molecule has 30 heavy (non-hydrogen) atoms. The normalized spacial score (nSPS) is 11.0. The topological polar surface area (TPSA) is 130 Å². The zero-order chi connectivity index (χ0) is 21.9. The third kappa shape index (κ3) is 5.00. The summed E-state index contributed by atoms with van der Waals surface area (Å²) in [5.41, 5.74) is 0.893. The summed E-state index contributed by atoms with van der Waals surface area (Å²) in [7, 11) is -0.0948. The quantitative estimate of drug-likeness (QED) is 0.433. The molecule has 0 aliphatic rings. The van der Waals surface area contributed by atoms with Crippen molar-refractivity contribution in [2.75, 3.05) is 29.0 Å². The van der Waals surface area contributed by atoms with Gasteiger partial charge < -0.3 is 10.2 Å². The van der Waals surface area contributed by atoms with Gasteiger partial charge in [-0.05, 0) is 43.3 Å². The molecular formula is C19H20N6O4S. The molecule has 0 atom stereocenters. The molecule has 156 valence electrons. The Morgan fingerprint density at radius 1 is 0.967 bits per heavy atom. The molecule has 0 aliphatic heterocycles. The second kappa shape index (κ2) is 8.33. The lowest BCUT2D eigenvalue weighted by molar-refractivity contribution is -0.384. The van der Waals surface area contributed by atoms with Crippen LogP contribution in [-0.4, -0.2) is 37.4 Å². The highest BCUT2D eigenvalue weighted by atomic mass is 32.2. The first-order valence-corrected chi connectivity index (χ1v) is 10.3. The van der Waals surface area contributed by atoms with E-state index < -0.39 is 14.9 Å². The zero-order valence-electron chi connectivity index (χ0n) is 16.5. The summed E-state index contributed by atoms with van der Waals surface area (Å²) in [4.78, 5) is 20.6. The minimum Gasteiger partial charge on any atom is -0.363 e. The van der Waals surface area contributed by atoms with Crippen molar-refractivity contribution in [2.24, 2.45) is 0 Å². The Morgan fingerprint density at radius 2 is 1.57 bits per heavy atom. The molecule has 3 rings (SSSR count). The molecule has 0 amide bonds. The maximum Gasteiger partial charge on any atom is 0.269 e. The van der Waals surface area contributed by atoms with Gasteiger partial charge >= 0.3 is 0 Å². The number of aryl methyl sites for hydroxylation is 1. The second-order valence-electron chi connectivity index (χ2n) is 6.61. The molecule has 1 aromatic heterocycles. The van der Waals surface area contributed by atoms with Crippen LogP contribution in [0.15, 0.2) is 59.5 Å². The van der Waals surface area contributed by atoms with E-state index in [-0.39, 0.29) is 10.6 Å². The second-order valence-corrected chi connectivity index (χ2v) is 8.29. The van der Waals surface area contributed by atoms with Crippen molar-refractivity contribution in [3.05, 3.63) is 70.5 Å². The van der Waals surface area contributed by atoms with E-state index in [0.29, 0.717) is 17.3 Å². The minimum atomic E-state index is -3.87. The lowest BCUT2D eigenvalue weighted by Crippen LogP contribution is -2.13. The summed E-state index contributed by atoms with van der Waals surface area (Å²) in [6, 6.07) is 13.1. The van der Waals surface area contributed by atoms with E-state index in [1.807, 2.05) is 19.0 Å². The van der Waals surface area contributed by atoms with E-state index in [1.54, 1.807) is 37.3 Å². The predicted molar refractivity (Wildman–Crippen MR) is 115 cm³/mol. The molecule has 3 aromatic rings. The van der Waals surface area contributed by atoms with Crippen LogP contribution in [0.3, 0.4) is 0 Å². The lowest BCUT2D eigenvalue weighted by Gasteiger charge is -2.14. The first-order valence-electron chi connectivity index (χ1n) is 8.81. The fourth-order valence-corrected chi connectivity index (χ4v) is 3.63. The average Bonchev–Trinajstić information content (AvgIpc) is 2.69. The molecule has 11 heteroatoms. The molecule has 10 nitrogen and oxygen atoms in total. The SMILES string of the molecule is Cc1nc(Nc2ccc(NS(=O)(=O)c3ccc([N+](=O)[O-])cc3)cc2)cc(N(C)C)n1. The molecule has 1 heterocycles. The molecule has 0 bridgehead atoms. The number of hydrogen-bond donors (Lipinski definition) is 2. The van der Waals surface area contributed by atoms with Crippen LogP contribution in [-0.2, 0) is 10.0 Å². The van der Waals surface area contributed by atoms with E-state index in [4.69, 9.17) is 0 Å².